The maximum atomic E-state index is 13.3. The van der Waals surface area contributed by atoms with Crippen LogP contribution in [0.4, 0.5) is 24.5 Å². The van der Waals surface area contributed by atoms with E-state index in [-0.39, 0.29) is 35.9 Å². The van der Waals surface area contributed by atoms with Crippen molar-refractivity contribution in [3.8, 4) is 11.1 Å². The number of nitrogens with one attached hydrogen (secondary N) is 2. The van der Waals surface area contributed by atoms with Crippen LogP contribution in [0.3, 0.4) is 0 Å². The molecule has 2 aliphatic rings. The van der Waals surface area contributed by atoms with Crippen molar-refractivity contribution in [3.05, 3.63) is 83.4 Å². The average Bonchev–Trinajstić information content (AvgIpc) is 3.75. The number of aryl methyl sites for hydroxylation is 1. The van der Waals surface area contributed by atoms with E-state index in [9.17, 15) is 31.2 Å². The van der Waals surface area contributed by atoms with E-state index >= 15 is 0 Å². The molecule has 0 unspecified atom stereocenters. The number of anilines is 2. The molecule has 2 fully saturated rings. The quantitative estimate of drug-likeness (QED) is 0.386. The molecule has 41 heavy (non-hydrogen) atoms. The summed E-state index contributed by atoms with van der Waals surface area (Å²) < 4.78 is 63.2. The van der Waals surface area contributed by atoms with Gasteiger partial charge < -0.3 is 10.6 Å². The summed E-state index contributed by atoms with van der Waals surface area (Å²) >= 11 is 0. The highest BCUT2D eigenvalue weighted by Gasteiger charge is 2.68. The molecule has 5 rings (SSSR count). The molecule has 1 saturated heterocycles. The van der Waals surface area contributed by atoms with Crippen molar-refractivity contribution in [2.45, 2.75) is 32.5 Å². The largest absolute Gasteiger partial charge is 0.403 e. The number of carbonyl (C=O) groups excluding carboxylic acids is 2. The Morgan fingerprint density at radius 2 is 1.49 bits per heavy atom. The van der Waals surface area contributed by atoms with Gasteiger partial charge in [-0.05, 0) is 78.4 Å². The van der Waals surface area contributed by atoms with E-state index in [0.717, 1.165) is 22.3 Å². The Kier molecular flexibility index (Phi) is 7.69. The molecule has 1 saturated carbocycles. The van der Waals surface area contributed by atoms with E-state index in [1.54, 1.807) is 54.6 Å². The van der Waals surface area contributed by atoms with E-state index < -0.39 is 27.3 Å². The molecule has 216 valence electrons. The molecule has 3 aromatic rings. The lowest BCUT2D eigenvalue weighted by Crippen LogP contribution is -2.39. The van der Waals surface area contributed by atoms with Crippen molar-refractivity contribution in [1.82, 2.24) is 4.90 Å². The first-order chi connectivity index (χ1) is 19.3. The van der Waals surface area contributed by atoms with Gasteiger partial charge in [0.25, 0.3) is 5.91 Å². The van der Waals surface area contributed by atoms with Crippen LogP contribution in [0.5, 0.6) is 0 Å². The van der Waals surface area contributed by atoms with Crippen molar-refractivity contribution in [2.75, 3.05) is 35.2 Å². The van der Waals surface area contributed by atoms with Gasteiger partial charge in [0, 0.05) is 36.6 Å². The van der Waals surface area contributed by atoms with Crippen molar-refractivity contribution in [1.29, 1.82) is 0 Å². The summed E-state index contributed by atoms with van der Waals surface area (Å²) in [6, 6.07) is 19.2. The van der Waals surface area contributed by atoms with Crippen molar-refractivity contribution < 1.29 is 31.2 Å². The molecule has 0 atom stereocenters. The highest BCUT2D eigenvalue weighted by Crippen LogP contribution is 2.58. The van der Waals surface area contributed by atoms with E-state index in [1.807, 2.05) is 19.1 Å². The number of alkyl halides is 3. The summed E-state index contributed by atoms with van der Waals surface area (Å²) in [4.78, 5) is 27.3. The minimum atomic E-state index is -4.58. The van der Waals surface area contributed by atoms with Crippen LogP contribution in [0.1, 0.15) is 34.3 Å². The van der Waals surface area contributed by atoms with Gasteiger partial charge in [0.05, 0.1) is 11.5 Å². The minimum Gasteiger partial charge on any atom is -0.325 e. The highest BCUT2D eigenvalue weighted by molar-refractivity contribution is 7.91. The number of nitrogens with zero attached hydrogens (tertiary/aromatic N) is 1. The van der Waals surface area contributed by atoms with E-state index in [0.29, 0.717) is 30.9 Å². The molecule has 3 aromatic carbocycles. The second-order valence-electron chi connectivity index (χ2n) is 10.7. The highest BCUT2D eigenvalue weighted by atomic mass is 32.2. The number of amides is 2. The topological polar surface area (TPSA) is 95.6 Å². The number of halogens is 3. The summed E-state index contributed by atoms with van der Waals surface area (Å²) in [6.45, 7) is 3.51. The van der Waals surface area contributed by atoms with Crippen LogP contribution in [0, 0.1) is 12.3 Å². The third-order valence-electron chi connectivity index (χ3n) is 7.74. The van der Waals surface area contributed by atoms with E-state index in [4.69, 9.17) is 0 Å². The predicted molar refractivity (Wildman–Crippen MR) is 151 cm³/mol. The Labute approximate surface area is 236 Å². The van der Waals surface area contributed by atoms with Crippen LogP contribution in [0.25, 0.3) is 11.1 Å². The molecular formula is C30H30F3N3O4S. The fourth-order valence-electron chi connectivity index (χ4n) is 4.89. The molecule has 1 heterocycles. The zero-order valence-electron chi connectivity index (χ0n) is 22.4. The van der Waals surface area contributed by atoms with Gasteiger partial charge >= 0.3 is 6.18 Å². The van der Waals surface area contributed by atoms with Gasteiger partial charge in [-0.3, -0.25) is 14.5 Å². The molecule has 7 nitrogen and oxygen atoms in total. The maximum absolute atomic E-state index is 13.3. The molecule has 0 radical (unpaired) electrons. The standard InChI is InChI=1S/C30H30F3N3O4S/c1-20-2-9-25(35-28(38)29(12-13-29)30(31,32)33)18-26(20)22-5-7-23(8-6-22)27(37)34-24-10-3-21(4-11-24)19-36-14-16-41(39,40)17-15-36/h2-11,18H,12-17,19H2,1H3,(H,34,37)(H,35,38). The number of carbonyl (C=O) groups is 2. The van der Waals surface area contributed by atoms with Crippen LogP contribution in [0.2, 0.25) is 0 Å². The normalized spacial score (nSPS) is 18.0. The zero-order chi connectivity index (χ0) is 29.4. The van der Waals surface area contributed by atoms with Crippen molar-refractivity contribution in [3.63, 3.8) is 0 Å². The molecule has 1 aliphatic carbocycles. The molecule has 11 heteroatoms. The third-order valence-corrected chi connectivity index (χ3v) is 9.34. The Bertz CT molecular complexity index is 1550. The predicted octanol–water partition coefficient (Wildman–Crippen LogP) is 5.43. The number of benzene rings is 3. The molecule has 0 bridgehead atoms. The number of hydrogen-bond donors (Lipinski definition) is 2. The number of rotatable bonds is 7. The van der Waals surface area contributed by atoms with Gasteiger partial charge in [-0.25, -0.2) is 8.42 Å². The van der Waals surface area contributed by atoms with Crippen LogP contribution >= 0.6 is 0 Å². The van der Waals surface area contributed by atoms with Crippen LogP contribution in [-0.2, 0) is 21.2 Å². The molecule has 0 spiro atoms. The van der Waals surface area contributed by atoms with Gasteiger partial charge in [-0.15, -0.1) is 0 Å². The lowest BCUT2D eigenvalue weighted by molar-refractivity contribution is -0.189. The van der Waals surface area contributed by atoms with E-state index in [1.165, 1.54) is 0 Å². The van der Waals surface area contributed by atoms with Crippen LogP contribution in [-0.4, -0.2) is 55.9 Å². The van der Waals surface area contributed by atoms with Gasteiger partial charge in [-0.2, -0.15) is 13.2 Å². The van der Waals surface area contributed by atoms with Crippen LogP contribution in [0.15, 0.2) is 66.7 Å². The summed E-state index contributed by atoms with van der Waals surface area (Å²) in [6.07, 6.45) is -4.99. The lowest BCUT2D eigenvalue weighted by Gasteiger charge is -2.26. The second-order valence-corrected chi connectivity index (χ2v) is 13.0. The fourth-order valence-corrected chi connectivity index (χ4v) is 6.17. The fraction of sp³-hybridized carbons (Fsp3) is 0.333. The third kappa shape index (κ3) is 6.46. The molecule has 2 N–H and O–H groups in total. The molecule has 0 aromatic heterocycles. The molecular weight excluding hydrogens is 555 g/mol. The van der Waals surface area contributed by atoms with Crippen LogP contribution < -0.4 is 10.6 Å². The van der Waals surface area contributed by atoms with Gasteiger partial charge in [0.2, 0.25) is 5.91 Å². The summed E-state index contributed by atoms with van der Waals surface area (Å²) in [7, 11) is -2.93. The Hall–Kier alpha value is -3.70. The maximum Gasteiger partial charge on any atom is 0.403 e. The summed E-state index contributed by atoms with van der Waals surface area (Å²) in [5, 5.41) is 5.29. The number of hydrogen-bond acceptors (Lipinski definition) is 5. The minimum absolute atomic E-state index is 0.171. The Morgan fingerprint density at radius 3 is 2.07 bits per heavy atom. The zero-order valence-corrected chi connectivity index (χ0v) is 23.2. The monoisotopic (exact) mass is 585 g/mol. The Morgan fingerprint density at radius 1 is 0.878 bits per heavy atom. The first-order valence-electron chi connectivity index (χ1n) is 13.3. The first kappa shape index (κ1) is 28.8. The lowest BCUT2D eigenvalue weighted by atomic mass is 9.98. The summed E-state index contributed by atoms with van der Waals surface area (Å²) in [5.74, 6) is -0.999. The number of sulfone groups is 1. The first-order valence-corrected chi connectivity index (χ1v) is 15.1. The molecule has 1 aliphatic heterocycles. The van der Waals surface area contributed by atoms with E-state index in [2.05, 4.69) is 15.5 Å². The van der Waals surface area contributed by atoms with Gasteiger partial charge in [0.1, 0.15) is 5.41 Å². The average molecular weight is 586 g/mol. The Balaban J connectivity index is 1.21. The smallest absolute Gasteiger partial charge is 0.325 e. The van der Waals surface area contributed by atoms with Crippen molar-refractivity contribution >= 4 is 33.0 Å². The van der Waals surface area contributed by atoms with Gasteiger partial charge in [0.15, 0.2) is 9.84 Å². The second kappa shape index (κ2) is 10.9. The SMILES string of the molecule is Cc1ccc(NC(=O)C2(C(F)(F)F)CC2)cc1-c1ccc(C(=O)Nc2ccc(CN3CCS(=O)(=O)CC3)cc2)cc1. The van der Waals surface area contributed by atoms with Crippen molar-refractivity contribution in [2.24, 2.45) is 5.41 Å². The molecule has 2 amide bonds. The summed E-state index contributed by atoms with van der Waals surface area (Å²) in [5.41, 5.74) is 2.39. The van der Waals surface area contributed by atoms with Gasteiger partial charge in [-0.1, -0.05) is 30.3 Å².